The van der Waals surface area contributed by atoms with Gasteiger partial charge in [0.25, 0.3) is 0 Å². The minimum atomic E-state index is -1.33. The quantitative estimate of drug-likeness (QED) is 0.626. The van der Waals surface area contributed by atoms with E-state index in [1.807, 2.05) is 0 Å². The van der Waals surface area contributed by atoms with Gasteiger partial charge in [0.05, 0.1) is 10.9 Å². The summed E-state index contributed by atoms with van der Waals surface area (Å²) in [4.78, 5) is 15.4. The number of carbonyl (C=O) groups is 1. The normalized spacial score (nSPS) is 26.0. The van der Waals surface area contributed by atoms with Crippen LogP contribution < -0.4 is 5.32 Å². The van der Waals surface area contributed by atoms with Gasteiger partial charge in [-0.1, -0.05) is 35.7 Å². The summed E-state index contributed by atoms with van der Waals surface area (Å²) in [5.74, 6) is -0.544. The second-order valence-electron chi connectivity index (χ2n) is 6.27. The van der Waals surface area contributed by atoms with Gasteiger partial charge >= 0.3 is 0 Å². The molecule has 2 atom stereocenters. The second-order valence-corrected chi connectivity index (χ2v) is 7.27. The number of nitrogens with zero attached hydrogens (tertiary/aromatic N) is 3. The standard InChI is InChI=1S/C17H15Cl2FN4O/c18-12-5-3-6-13(20)15(12)11-8-24-16(21-9-22-24)23-17(11,19)10-4-1-2-7-14(10)25/h3,5-6,8-10H,1-2,4,7H2,(H,21,22,23). The number of carbonyl (C=O) groups excluding carboxylic acids is 1. The Morgan fingerprint density at radius 3 is 2.96 bits per heavy atom. The molecule has 8 heteroatoms. The molecule has 1 saturated carbocycles. The van der Waals surface area contributed by atoms with Crippen molar-refractivity contribution in [2.24, 2.45) is 5.92 Å². The molecule has 25 heavy (non-hydrogen) atoms. The molecule has 0 spiro atoms. The molecule has 1 aliphatic heterocycles. The first-order chi connectivity index (χ1) is 12.0. The van der Waals surface area contributed by atoms with Gasteiger partial charge in [0.1, 0.15) is 17.9 Å². The van der Waals surface area contributed by atoms with Crippen LogP contribution in [0.1, 0.15) is 31.2 Å². The lowest BCUT2D eigenvalue weighted by molar-refractivity contribution is -0.125. The molecule has 0 bridgehead atoms. The fourth-order valence-electron chi connectivity index (χ4n) is 3.56. The van der Waals surface area contributed by atoms with E-state index in [0.717, 1.165) is 12.8 Å². The first-order valence-corrected chi connectivity index (χ1v) is 8.82. The molecule has 1 aliphatic carbocycles. The molecule has 4 rings (SSSR count). The van der Waals surface area contributed by atoms with Crippen molar-refractivity contribution in [3.05, 3.63) is 40.9 Å². The third-order valence-corrected chi connectivity index (χ3v) is 5.65. The number of Topliss-reactive ketones (excluding diaryl/α,β-unsaturated/α-hetero) is 1. The summed E-state index contributed by atoms with van der Waals surface area (Å²) in [5, 5.41) is 7.40. The number of anilines is 1. The highest BCUT2D eigenvalue weighted by molar-refractivity contribution is 6.37. The highest BCUT2D eigenvalue weighted by Gasteiger charge is 2.49. The van der Waals surface area contributed by atoms with E-state index in [9.17, 15) is 9.18 Å². The van der Waals surface area contributed by atoms with Gasteiger partial charge in [-0.05, 0) is 25.0 Å². The van der Waals surface area contributed by atoms with Crippen molar-refractivity contribution in [1.82, 2.24) is 14.8 Å². The zero-order valence-corrected chi connectivity index (χ0v) is 14.7. The van der Waals surface area contributed by atoms with E-state index >= 15 is 0 Å². The number of fused-ring (bicyclic) bond motifs is 1. The summed E-state index contributed by atoms with van der Waals surface area (Å²) >= 11 is 13.2. The van der Waals surface area contributed by atoms with Gasteiger partial charge in [0.2, 0.25) is 5.95 Å². The summed E-state index contributed by atoms with van der Waals surface area (Å²) in [7, 11) is 0. The largest absolute Gasteiger partial charge is 0.331 e. The lowest BCUT2D eigenvalue weighted by Gasteiger charge is -2.41. The number of benzene rings is 1. The highest BCUT2D eigenvalue weighted by Crippen LogP contribution is 2.48. The Balaban J connectivity index is 1.92. The van der Waals surface area contributed by atoms with Gasteiger partial charge in [-0.25, -0.2) is 9.07 Å². The smallest absolute Gasteiger partial charge is 0.227 e. The van der Waals surface area contributed by atoms with Crippen LogP contribution in [0.2, 0.25) is 5.02 Å². The zero-order valence-electron chi connectivity index (χ0n) is 13.2. The van der Waals surface area contributed by atoms with Crippen molar-refractivity contribution in [3.8, 4) is 0 Å². The van der Waals surface area contributed by atoms with Crippen LogP contribution in [0, 0.1) is 11.7 Å². The molecule has 1 aromatic heterocycles. The van der Waals surface area contributed by atoms with Crippen molar-refractivity contribution in [1.29, 1.82) is 0 Å². The third-order valence-electron chi connectivity index (χ3n) is 4.78. The maximum atomic E-state index is 14.6. The zero-order chi connectivity index (χ0) is 17.6. The number of alkyl halides is 1. The molecule has 2 unspecified atom stereocenters. The van der Waals surface area contributed by atoms with Crippen LogP contribution in [-0.4, -0.2) is 25.5 Å². The van der Waals surface area contributed by atoms with Gasteiger partial charge in [-0.15, -0.1) is 0 Å². The summed E-state index contributed by atoms with van der Waals surface area (Å²) in [5.41, 5.74) is 0.557. The van der Waals surface area contributed by atoms with Crippen molar-refractivity contribution in [2.45, 2.75) is 30.7 Å². The molecule has 1 aromatic carbocycles. The minimum Gasteiger partial charge on any atom is -0.331 e. The Labute approximate surface area is 153 Å². The first-order valence-electron chi connectivity index (χ1n) is 8.06. The number of hydrogen-bond donors (Lipinski definition) is 1. The second kappa shape index (κ2) is 6.11. The Hall–Kier alpha value is -1.92. The van der Waals surface area contributed by atoms with E-state index in [1.165, 1.54) is 23.1 Å². The van der Waals surface area contributed by atoms with Crippen LogP contribution in [0.15, 0.2) is 24.5 Å². The Bertz CT molecular complexity index is 861. The maximum absolute atomic E-state index is 14.6. The lowest BCUT2D eigenvalue weighted by Crippen LogP contribution is -2.48. The Morgan fingerprint density at radius 2 is 2.20 bits per heavy atom. The molecule has 0 amide bonds. The number of nitrogens with one attached hydrogen (secondary N) is 1. The third kappa shape index (κ3) is 2.64. The molecular weight excluding hydrogens is 366 g/mol. The topological polar surface area (TPSA) is 59.8 Å². The predicted octanol–water partition coefficient (Wildman–Crippen LogP) is 4.19. The number of aromatic nitrogens is 3. The molecule has 1 N–H and O–H groups in total. The molecule has 0 radical (unpaired) electrons. The van der Waals surface area contributed by atoms with Crippen LogP contribution in [0.5, 0.6) is 0 Å². The number of rotatable bonds is 2. The fraction of sp³-hybridized carbons (Fsp3) is 0.353. The fourth-order valence-corrected chi connectivity index (χ4v) is 4.28. The molecule has 5 nitrogen and oxygen atoms in total. The van der Waals surface area contributed by atoms with E-state index in [2.05, 4.69) is 15.4 Å². The average Bonchev–Trinajstić information content (AvgIpc) is 3.02. The minimum absolute atomic E-state index is 0.0556. The SMILES string of the molecule is O=C1CCCCC1C1(Cl)Nc2ncnn2C=C1c1c(F)cccc1Cl. The number of ketones is 1. The number of halogens is 3. The van der Waals surface area contributed by atoms with Crippen LogP contribution in [0.4, 0.5) is 10.3 Å². The van der Waals surface area contributed by atoms with E-state index < -0.39 is 16.7 Å². The van der Waals surface area contributed by atoms with Gasteiger partial charge in [-0.3, -0.25) is 4.79 Å². The van der Waals surface area contributed by atoms with Crippen molar-refractivity contribution in [3.63, 3.8) is 0 Å². The maximum Gasteiger partial charge on any atom is 0.227 e. The van der Waals surface area contributed by atoms with Crippen LogP contribution in [-0.2, 0) is 4.79 Å². The molecule has 2 heterocycles. The van der Waals surface area contributed by atoms with E-state index in [1.54, 1.807) is 12.3 Å². The molecule has 2 aliphatic rings. The van der Waals surface area contributed by atoms with E-state index in [4.69, 9.17) is 23.2 Å². The van der Waals surface area contributed by atoms with E-state index in [-0.39, 0.29) is 16.4 Å². The van der Waals surface area contributed by atoms with Crippen molar-refractivity contribution >= 4 is 46.7 Å². The van der Waals surface area contributed by atoms with Crippen molar-refractivity contribution < 1.29 is 9.18 Å². The van der Waals surface area contributed by atoms with Crippen LogP contribution in [0.3, 0.4) is 0 Å². The number of hydrogen-bond acceptors (Lipinski definition) is 4. The monoisotopic (exact) mass is 380 g/mol. The molecule has 2 aromatic rings. The Morgan fingerprint density at radius 1 is 1.36 bits per heavy atom. The van der Waals surface area contributed by atoms with E-state index in [0.29, 0.717) is 24.4 Å². The molecular formula is C17H15Cl2FN4O. The molecule has 1 fully saturated rings. The van der Waals surface area contributed by atoms with Gasteiger partial charge in [0.15, 0.2) is 5.00 Å². The lowest BCUT2D eigenvalue weighted by atomic mass is 9.77. The van der Waals surface area contributed by atoms with Gasteiger partial charge in [0, 0.05) is 23.8 Å². The van der Waals surface area contributed by atoms with Crippen molar-refractivity contribution in [2.75, 3.05) is 5.32 Å². The van der Waals surface area contributed by atoms with Gasteiger partial charge in [-0.2, -0.15) is 10.1 Å². The Kier molecular flexibility index (Phi) is 4.04. The first kappa shape index (κ1) is 16.5. The highest BCUT2D eigenvalue weighted by atomic mass is 35.5. The summed E-state index contributed by atoms with van der Waals surface area (Å²) in [6.07, 6.45) is 5.77. The summed E-state index contributed by atoms with van der Waals surface area (Å²) in [6, 6.07) is 4.44. The molecule has 0 saturated heterocycles. The summed E-state index contributed by atoms with van der Waals surface area (Å²) < 4.78 is 16.1. The predicted molar refractivity (Wildman–Crippen MR) is 94.8 cm³/mol. The molecule has 130 valence electrons. The summed E-state index contributed by atoms with van der Waals surface area (Å²) in [6.45, 7) is 0. The average molecular weight is 381 g/mol. The van der Waals surface area contributed by atoms with Crippen LogP contribution >= 0.6 is 23.2 Å². The van der Waals surface area contributed by atoms with Gasteiger partial charge < -0.3 is 5.32 Å². The van der Waals surface area contributed by atoms with Crippen LogP contribution in [0.25, 0.3) is 11.8 Å².